The highest BCUT2D eigenvalue weighted by Crippen LogP contribution is 2.33. The molecule has 0 spiro atoms. The van der Waals surface area contributed by atoms with E-state index in [-0.39, 0.29) is 17.9 Å². The first kappa shape index (κ1) is 12.2. The monoisotopic (exact) mass is 255 g/mol. The zero-order chi connectivity index (χ0) is 13.4. The lowest BCUT2D eigenvalue weighted by atomic mass is 9.88. The van der Waals surface area contributed by atoms with Gasteiger partial charge in [0, 0.05) is 0 Å². The van der Waals surface area contributed by atoms with E-state index in [1.165, 1.54) is 10.5 Å². The molecule has 2 aliphatic rings. The number of rotatable bonds is 1. The fraction of sp³-hybridized carbons (Fsp3) is 0.375. The van der Waals surface area contributed by atoms with Gasteiger partial charge in [0.05, 0.1) is 17.2 Å². The van der Waals surface area contributed by atoms with Crippen molar-refractivity contribution in [3.8, 4) is 0 Å². The van der Waals surface area contributed by atoms with E-state index >= 15 is 0 Å². The first-order valence-electron chi connectivity index (χ1n) is 6.86. The van der Waals surface area contributed by atoms with Gasteiger partial charge < -0.3 is 0 Å². The predicted molar refractivity (Wildman–Crippen MR) is 73.0 cm³/mol. The van der Waals surface area contributed by atoms with E-state index in [2.05, 4.69) is 6.08 Å². The Labute approximate surface area is 112 Å². The Kier molecular flexibility index (Phi) is 2.97. The summed E-state index contributed by atoms with van der Waals surface area (Å²) in [7, 11) is 0. The molecule has 0 N–H and O–H groups in total. The van der Waals surface area contributed by atoms with E-state index in [0.29, 0.717) is 11.1 Å². The van der Waals surface area contributed by atoms with E-state index in [1.54, 1.807) is 12.1 Å². The first-order valence-corrected chi connectivity index (χ1v) is 6.86. The number of nitrogens with zero attached hydrogens (tertiary/aromatic N) is 1. The van der Waals surface area contributed by atoms with Gasteiger partial charge in [-0.1, -0.05) is 30.2 Å². The zero-order valence-electron chi connectivity index (χ0n) is 11.1. The second-order valence-corrected chi connectivity index (χ2v) is 5.15. The van der Waals surface area contributed by atoms with Gasteiger partial charge in [-0.25, -0.2) is 0 Å². The van der Waals surface area contributed by atoms with Gasteiger partial charge in [-0.3, -0.25) is 14.5 Å². The molecule has 1 unspecified atom stereocenters. The van der Waals surface area contributed by atoms with E-state index in [1.807, 2.05) is 19.1 Å². The molecule has 1 aliphatic carbocycles. The fourth-order valence-corrected chi connectivity index (χ4v) is 3.14. The minimum Gasteiger partial charge on any atom is -0.269 e. The Morgan fingerprint density at radius 3 is 2.32 bits per heavy atom. The lowest BCUT2D eigenvalue weighted by Gasteiger charge is -2.32. The highest BCUT2D eigenvalue weighted by molar-refractivity contribution is 6.21. The van der Waals surface area contributed by atoms with Gasteiger partial charge in [0.25, 0.3) is 11.8 Å². The van der Waals surface area contributed by atoms with Crippen molar-refractivity contribution in [1.29, 1.82) is 0 Å². The fourth-order valence-electron chi connectivity index (χ4n) is 3.14. The van der Waals surface area contributed by atoms with Crippen molar-refractivity contribution in [3.63, 3.8) is 0 Å². The summed E-state index contributed by atoms with van der Waals surface area (Å²) < 4.78 is 0. The van der Waals surface area contributed by atoms with Crippen molar-refractivity contribution < 1.29 is 9.59 Å². The van der Waals surface area contributed by atoms with E-state index in [4.69, 9.17) is 0 Å². The van der Waals surface area contributed by atoms with Crippen molar-refractivity contribution in [3.05, 3.63) is 47.0 Å². The molecule has 2 amide bonds. The topological polar surface area (TPSA) is 37.4 Å². The summed E-state index contributed by atoms with van der Waals surface area (Å²) in [4.78, 5) is 26.4. The SMILES string of the molecule is C/C=C1\CCCCC1N1C(=O)c2ccccc2C1=O. The first-order chi connectivity index (χ1) is 9.24. The Balaban J connectivity index is 1.99. The maximum absolute atomic E-state index is 12.4. The van der Waals surface area contributed by atoms with Crippen molar-refractivity contribution >= 4 is 11.8 Å². The molecule has 1 fully saturated rings. The number of fused-ring (bicyclic) bond motifs is 1. The normalized spacial score (nSPS) is 25.0. The van der Waals surface area contributed by atoms with Crippen molar-refractivity contribution in [2.75, 3.05) is 0 Å². The molecule has 3 nitrogen and oxygen atoms in total. The summed E-state index contributed by atoms with van der Waals surface area (Å²) in [6, 6.07) is 7.07. The lowest BCUT2D eigenvalue weighted by molar-refractivity contribution is 0.0589. The van der Waals surface area contributed by atoms with Gasteiger partial charge in [-0.05, 0) is 38.3 Å². The Bertz CT molecular complexity index is 539. The van der Waals surface area contributed by atoms with Gasteiger partial charge in [-0.2, -0.15) is 0 Å². The number of carbonyl (C=O) groups is 2. The van der Waals surface area contributed by atoms with Gasteiger partial charge in [0.2, 0.25) is 0 Å². The minimum absolute atomic E-state index is 0.0360. The van der Waals surface area contributed by atoms with Crippen molar-refractivity contribution in [2.45, 2.75) is 38.6 Å². The quantitative estimate of drug-likeness (QED) is 0.571. The summed E-state index contributed by atoms with van der Waals surface area (Å²) in [5, 5.41) is 0. The molecule has 3 rings (SSSR count). The van der Waals surface area contributed by atoms with E-state index in [9.17, 15) is 9.59 Å². The van der Waals surface area contributed by atoms with Crippen LogP contribution in [0.25, 0.3) is 0 Å². The van der Waals surface area contributed by atoms with Crippen LogP contribution in [0.1, 0.15) is 53.3 Å². The Morgan fingerprint density at radius 2 is 1.74 bits per heavy atom. The molecule has 3 heteroatoms. The molecular formula is C16H17NO2. The highest BCUT2D eigenvalue weighted by Gasteiger charge is 2.41. The van der Waals surface area contributed by atoms with Gasteiger partial charge >= 0.3 is 0 Å². The van der Waals surface area contributed by atoms with Crippen LogP contribution < -0.4 is 0 Å². The third kappa shape index (κ3) is 1.81. The zero-order valence-corrected chi connectivity index (χ0v) is 11.1. The molecule has 19 heavy (non-hydrogen) atoms. The van der Waals surface area contributed by atoms with E-state index in [0.717, 1.165) is 25.7 Å². The van der Waals surface area contributed by atoms with Crippen LogP contribution in [-0.4, -0.2) is 22.8 Å². The molecule has 1 saturated carbocycles. The van der Waals surface area contributed by atoms with E-state index < -0.39 is 0 Å². The van der Waals surface area contributed by atoms with Crippen LogP contribution in [-0.2, 0) is 0 Å². The molecule has 0 saturated heterocycles. The number of amides is 2. The second-order valence-electron chi connectivity index (χ2n) is 5.15. The van der Waals surface area contributed by atoms with Crippen LogP contribution in [0.4, 0.5) is 0 Å². The largest absolute Gasteiger partial charge is 0.269 e. The number of imide groups is 1. The van der Waals surface area contributed by atoms with Crippen molar-refractivity contribution in [1.82, 2.24) is 4.90 Å². The molecule has 1 heterocycles. The Hall–Kier alpha value is -1.90. The minimum atomic E-state index is -0.133. The summed E-state index contributed by atoms with van der Waals surface area (Å²) >= 11 is 0. The molecule has 98 valence electrons. The highest BCUT2D eigenvalue weighted by atomic mass is 16.2. The molecule has 0 bridgehead atoms. The molecule has 1 aromatic rings. The number of allylic oxidation sites excluding steroid dienone is 1. The number of benzene rings is 1. The van der Waals surface area contributed by atoms with Gasteiger partial charge in [-0.15, -0.1) is 0 Å². The lowest BCUT2D eigenvalue weighted by Crippen LogP contribution is -2.42. The standard InChI is InChI=1S/C16H17NO2/c1-2-11-7-3-6-10-14(11)17-15(18)12-8-4-5-9-13(12)16(17)19/h2,4-5,8-9,14H,3,6-7,10H2,1H3/b11-2+. The summed E-state index contributed by atoms with van der Waals surface area (Å²) in [5.41, 5.74) is 2.32. The maximum atomic E-state index is 12.4. The van der Waals surface area contributed by atoms with Gasteiger partial charge in [0.1, 0.15) is 0 Å². The van der Waals surface area contributed by atoms with Crippen LogP contribution in [0.5, 0.6) is 0 Å². The van der Waals surface area contributed by atoms with Crippen LogP contribution in [0, 0.1) is 0 Å². The number of carbonyl (C=O) groups excluding carboxylic acids is 2. The predicted octanol–water partition coefficient (Wildman–Crippen LogP) is 3.17. The smallest absolute Gasteiger partial charge is 0.262 e. The number of hydrogen-bond donors (Lipinski definition) is 0. The van der Waals surface area contributed by atoms with Crippen LogP contribution in [0.2, 0.25) is 0 Å². The third-order valence-electron chi connectivity index (χ3n) is 4.13. The molecule has 0 radical (unpaired) electrons. The van der Waals surface area contributed by atoms with Crippen LogP contribution in [0.15, 0.2) is 35.9 Å². The summed E-state index contributed by atoms with van der Waals surface area (Å²) in [6.45, 7) is 1.99. The summed E-state index contributed by atoms with van der Waals surface area (Å²) in [5.74, 6) is -0.265. The average molecular weight is 255 g/mol. The molecule has 1 aliphatic heterocycles. The van der Waals surface area contributed by atoms with Gasteiger partial charge in [0.15, 0.2) is 0 Å². The average Bonchev–Trinajstić information content (AvgIpc) is 2.71. The second kappa shape index (κ2) is 4.65. The van der Waals surface area contributed by atoms with Crippen LogP contribution in [0.3, 0.4) is 0 Å². The molecular weight excluding hydrogens is 238 g/mol. The maximum Gasteiger partial charge on any atom is 0.262 e. The third-order valence-corrected chi connectivity index (χ3v) is 4.13. The molecule has 1 atom stereocenters. The summed E-state index contributed by atoms with van der Waals surface area (Å²) in [6.07, 6.45) is 6.18. The molecule has 0 aromatic heterocycles. The van der Waals surface area contributed by atoms with Crippen molar-refractivity contribution in [2.24, 2.45) is 0 Å². The molecule has 1 aromatic carbocycles. The van der Waals surface area contributed by atoms with Crippen LogP contribution >= 0.6 is 0 Å². The number of hydrogen-bond acceptors (Lipinski definition) is 2. The Morgan fingerprint density at radius 1 is 1.11 bits per heavy atom.